The molecule has 104 valence electrons. The quantitative estimate of drug-likeness (QED) is 0.786. The molecule has 0 saturated carbocycles. The predicted molar refractivity (Wildman–Crippen MR) is 81.8 cm³/mol. The molecule has 0 saturated heterocycles. The summed E-state index contributed by atoms with van der Waals surface area (Å²) < 4.78 is 6.33. The first-order chi connectivity index (χ1) is 10.2. The molecule has 0 aliphatic heterocycles. The summed E-state index contributed by atoms with van der Waals surface area (Å²) in [7, 11) is 0. The maximum Gasteiger partial charge on any atom is 0.322 e. The number of hydrogen-bond acceptors (Lipinski definition) is 4. The summed E-state index contributed by atoms with van der Waals surface area (Å²) in [6.07, 6.45) is 0. The van der Waals surface area contributed by atoms with Gasteiger partial charge in [-0.3, -0.25) is 10.1 Å². The highest BCUT2D eigenvalue weighted by Crippen LogP contribution is 2.19. The first kappa shape index (κ1) is 13.5. The number of carbonyl (C=O) groups excluding carboxylic acids is 1. The number of anilines is 1. The highest BCUT2D eigenvalue weighted by Gasteiger charge is 2.12. The van der Waals surface area contributed by atoms with E-state index in [1.54, 1.807) is 24.3 Å². The minimum Gasteiger partial charge on any atom is -0.403 e. The van der Waals surface area contributed by atoms with Crippen LogP contribution in [0.25, 0.3) is 11.5 Å². The van der Waals surface area contributed by atoms with Gasteiger partial charge in [-0.2, -0.15) is 0 Å². The van der Waals surface area contributed by atoms with Crippen molar-refractivity contribution in [3.8, 4) is 11.5 Å². The fourth-order valence-electron chi connectivity index (χ4n) is 1.74. The summed E-state index contributed by atoms with van der Waals surface area (Å²) in [5, 5.41) is 10.3. The monoisotopic (exact) mass is 343 g/mol. The fourth-order valence-corrected chi connectivity index (χ4v) is 2.01. The molecule has 0 atom stereocenters. The molecule has 0 bridgehead atoms. The minimum atomic E-state index is -0.300. The third-order valence-corrected chi connectivity index (χ3v) is 3.30. The van der Waals surface area contributed by atoms with E-state index in [1.807, 2.05) is 30.3 Å². The van der Waals surface area contributed by atoms with E-state index in [1.165, 1.54) is 0 Å². The zero-order chi connectivity index (χ0) is 14.7. The van der Waals surface area contributed by atoms with Crippen molar-refractivity contribution in [1.29, 1.82) is 0 Å². The van der Waals surface area contributed by atoms with Crippen LogP contribution in [0.4, 0.5) is 6.01 Å². The summed E-state index contributed by atoms with van der Waals surface area (Å²) >= 11 is 3.32. The van der Waals surface area contributed by atoms with Crippen LogP contribution in [0.2, 0.25) is 0 Å². The lowest BCUT2D eigenvalue weighted by Gasteiger charge is -2.00. The van der Waals surface area contributed by atoms with Crippen molar-refractivity contribution < 1.29 is 9.21 Å². The number of nitrogens with zero attached hydrogens (tertiary/aromatic N) is 2. The van der Waals surface area contributed by atoms with E-state index in [0.29, 0.717) is 11.5 Å². The molecule has 6 heteroatoms. The van der Waals surface area contributed by atoms with E-state index >= 15 is 0 Å². The molecule has 0 aliphatic rings. The molecule has 0 unspecified atom stereocenters. The Labute approximate surface area is 129 Å². The summed E-state index contributed by atoms with van der Waals surface area (Å²) in [6.45, 7) is 0. The van der Waals surface area contributed by atoms with Crippen molar-refractivity contribution in [2.24, 2.45) is 0 Å². The number of rotatable bonds is 3. The minimum absolute atomic E-state index is 0.0711. The maximum atomic E-state index is 12.0. The SMILES string of the molecule is O=C(Nc1nnc(-c2ccccc2)o1)c1ccc(Br)cc1. The number of aromatic nitrogens is 2. The van der Waals surface area contributed by atoms with Gasteiger partial charge in [0, 0.05) is 15.6 Å². The van der Waals surface area contributed by atoms with E-state index in [4.69, 9.17) is 4.42 Å². The lowest BCUT2D eigenvalue weighted by molar-refractivity contribution is 0.102. The van der Waals surface area contributed by atoms with Crippen LogP contribution in [0.5, 0.6) is 0 Å². The van der Waals surface area contributed by atoms with Crippen molar-refractivity contribution in [2.75, 3.05) is 5.32 Å². The van der Waals surface area contributed by atoms with Crippen molar-refractivity contribution in [3.63, 3.8) is 0 Å². The molecular formula is C15H10BrN3O2. The molecule has 1 aromatic heterocycles. The molecular weight excluding hydrogens is 334 g/mol. The average Bonchev–Trinajstić information content (AvgIpc) is 2.97. The highest BCUT2D eigenvalue weighted by molar-refractivity contribution is 9.10. The Morgan fingerprint density at radius 2 is 1.71 bits per heavy atom. The first-order valence-corrected chi connectivity index (χ1v) is 6.97. The Morgan fingerprint density at radius 3 is 2.43 bits per heavy atom. The normalized spacial score (nSPS) is 10.3. The summed E-state index contributed by atoms with van der Waals surface area (Å²) in [5.41, 5.74) is 1.31. The van der Waals surface area contributed by atoms with E-state index in [2.05, 4.69) is 31.4 Å². The van der Waals surface area contributed by atoms with Gasteiger partial charge < -0.3 is 4.42 Å². The van der Waals surface area contributed by atoms with E-state index in [9.17, 15) is 4.79 Å². The zero-order valence-electron chi connectivity index (χ0n) is 10.8. The van der Waals surface area contributed by atoms with Crippen LogP contribution in [0.15, 0.2) is 63.5 Å². The maximum absolute atomic E-state index is 12.0. The van der Waals surface area contributed by atoms with E-state index < -0.39 is 0 Å². The predicted octanol–water partition coefficient (Wildman–Crippen LogP) is 3.75. The Balaban J connectivity index is 1.75. The molecule has 0 spiro atoms. The summed E-state index contributed by atoms with van der Waals surface area (Å²) in [4.78, 5) is 12.0. The van der Waals surface area contributed by atoms with Crippen LogP contribution in [0.3, 0.4) is 0 Å². The van der Waals surface area contributed by atoms with Gasteiger partial charge in [0.15, 0.2) is 0 Å². The molecule has 1 N–H and O–H groups in total. The molecule has 21 heavy (non-hydrogen) atoms. The smallest absolute Gasteiger partial charge is 0.322 e. The van der Waals surface area contributed by atoms with E-state index in [0.717, 1.165) is 10.0 Å². The molecule has 0 fully saturated rings. The summed E-state index contributed by atoms with van der Waals surface area (Å²) in [5.74, 6) is 0.0625. The zero-order valence-corrected chi connectivity index (χ0v) is 12.4. The molecule has 0 aliphatic carbocycles. The van der Waals surface area contributed by atoms with Crippen molar-refractivity contribution in [1.82, 2.24) is 10.2 Å². The second-order valence-electron chi connectivity index (χ2n) is 4.24. The standard InChI is InChI=1S/C15H10BrN3O2/c16-12-8-6-10(7-9-12)13(20)17-15-19-18-14(21-15)11-4-2-1-3-5-11/h1-9H,(H,17,19,20). The highest BCUT2D eigenvalue weighted by atomic mass is 79.9. The lowest BCUT2D eigenvalue weighted by Crippen LogP contribution is -2.11. The third-order valence-electron chi connectivity index (χ3n) is 2.77. The topological polar surface area (TPSA) is 68.0 Å². The number of nitrogens with one attached hydrogen (secondary N) is 1. The Morgan fingerprint density at radius 1 is 1.00 bits per heavy atom. The van der Waals surface area contributed by atoms with Crippen LogP contribution >= 0.6 is 15.9 Å². The largest absolute Gasteiger partial charge is 0.403 e. The van der Waals surface area contributed by atoms with Gasteiger partial charge in [0.05, 0.1) is 0 Å². The van der Waals surface area contributed by atoms with Gasteiger partial charge >= 0.3 is 6.01 Å². The first-order valence-electron chi connectivity index (χ1n) is 6.18. The third kappa shape index (κ3) is 3.17. The van der Waals surface area contributed by atoms with Crippen LogP contribution in [0.1, 0.15) is 10.4 Å². The van der Waals surface area contributed by atoms with Gasteiger partial charge in [-0.25, -0.2) is 0 Å². The van der Waals surface area contributed by atoms with Crippen LogP contribution in [-0.4, -0.2) is 16.1 Å². The summed E-state index contributed by atoms with van der Waals surface area (Å²) in [6, 6.07) is 16.4. The van der Waals surface area contributed by atoms with Crippen LogP contribution in [0, 0.1) is 0 Å². The molecule has 3 rings (SSSR count). The number of benzene rings is 2. The van der Waals surface area contributed by atoms with E-state index in [-0.39, 0.29) is 11.9 Å². The number of halogens is 1. The van der Waals surface area contributed by atoms with Gasteiger partial charge in [0.25, 0.3) is 5.91 Å². The van der Waals surface area contributed by atoms with Gasteiger partial charge in [-0.1, -0.05) is 39.2 Å². The van der Waals surface area contributed by atoms with Gasteiger partial charge in [-0.05, 0) is 36.4 Å². The number of amides is 1. The molecule has 1 amide bonds. The van der Waals surface area contributed by atoms with Crippen molar-refractivity contribution >= 4 is 27.9 Å². The Kier molecular flexibility index (Phi) is 3.79. The van der Waals surface area contributed by atoms with Crippen molar-refractivity contribution in [2.45, 2.75) is 0 Å². The molecule has 0 radical (unpaired) electrons. The van der Waals surface area contributed by atoms with Gasteiger partial charge in [-0.15, -0.1) is 5.10 Å². The lowest BCUT2D eigenvalue weighted by atomic mass is 10.2. The van der Waals surface area contributed by atoms with Crippen molar-refractivity contribution in [3.05, 3.63) is 64.6 Å². The van der Waals surface area contributed by atoms with Gasteiger partial charge in [0.1, 0.15) is 0 Å². The van der Waals surface area contributed by atoms with Crippen LogP contribution in [-0.2, 0) is 0 Å². The molecule has 5 nitrogen and oxygen atoms in total. The second-order valence-corrected chi connectivity index (χ2v) is 5.16. The Hall–Kier alpha value is -2.47. The van der Waals surface area contributed by atoms with Crippen LogP contribution < -0.4 is 5.32 Å². The second kappa shape index (κ2) is 5.88. The Bertz CT molecular complexity index is 754. The molecule has 2 aromatic carbocycles. The average molecular weight is 344 g/mol. The molecule has 1 heterocycles. The fraction of sp³-hybridized carbons (Fsp3) is 0. The molecule has 3 aromatic rings. The number of hydrogen-bond donors (Lipinski definition) is 1. The van der Waals surface area contributed by atoms with Gasteiger partial charge in [0.2, 0.25) is 5.89 Å². The number of carbonyl (C=O) groups is 1.